The van der Waals surface area contributed by atoms with E-state index in [4.69, 9.17) is 9.26 Å². The highest BCUT2D eigenvalue weighted by molar-refractivity contribution is 5.89. The second-order valence-electron chi connectivity index (χ2n) is 7.94. The van der Waals surface area contributed by atoms with Crippen molar-refractivity contribution >= 4 is 11.7 Å². The van der Waals surface area contributed by atoms with Crippen molar-refractivity contribution in [3.63, 3.8) is 0 Å². The number of anilines is 1. The van der Waals surface area contributed by atoms with Crippen LogP contribution in [-0.2, 0) is 11.2 Å². The van der Waals surface area contributed by atoms with Crippen LogP contribution in [-0.4, -0.2) is 46.9 Å². The predicted octanol–water partition coefficient (Wildman–Crippen LogP) is 4.61. The molecule has 3 aromatic rings. The number of carbonyl (C=O) groups is 1. The third kappa shape index (κ3) is 5.49. The van der Waals surface area contributed by atoms with Crippen molar-refractivity contribution in [2.45, 2.75) is 39.2 Å². The van der Waals surface area contributed by atoms with E-state index in [1.165, 1.54) is 5.56 Å². The third-order valence-electron chi connectivity index (χ3n) is 5.59. The highest BCUT2D eigenvalue weighted by Crippen LogP contribution is 2.19. The van der Waals surface area contributed by atoms with Crippen LogP contribution in [0.4, 0.5) is 10.5 Å². The smallest absolute Gasteiger partial charge is 0.321 e. The zero-order chi connectivity index (χ0) is 21.6. The number of aromatic nitrogens is 2. The largest absolute Gasteiger partial charge is 0.376 e. The molecule has 0 aliphatic carbocycles. The lowest BCUT2D eigenvalue weighted by Gasteiger charge is -2.32. The molecule has 2 aromatic carbocycles. The van der Waals surface area contributed by atoms with Gasteiger partial charge in [0.05, 0.1) is 12.7 Å². The van der Waals surface area contributed by atoms with Gasteiger partial charge in [-0.3, -0.25) is 0 Å². The van der Waals surface area contributed by atoms with Gasteiger partial charge < -0.3 is 19.5 Å². The summed E-state index contributed by atoms with van der Waals surface area (Å²) in [5.41, 5.74) is 4.10. The summed E-state index contributed by atoms with van der Waals surface area (Å²) in [4.78, 5) is 18.9. The van der Waals surface area contributed by atoms with Gasteiger partial charge in [0.25, 0.3) is 5.89 Å². The quantitative estimate of drug-likeness (QED) is 0.630. The van der Waals surface area contributed by atoms with E-state index < -0.39 is 0 Å². The normalized spacial score (nSPS) is 16.3. The van der Waals surface area contributed by atoms with Crippen molar-refractivity contribution in [2.24, 2.45) is 0 Å². The van der Waals surface area contributed by atoms with Gasteiger partial charge in [-0.05, 0) is 62.1 Å². The molecule has 1 aliphatic rings. The molecule has 1 saturated heterocycles. The van der Waals surface area contributed by atoms with Gasteiger partial charge in [-0.1, -0.05) is 29.4 Å². The van der Waals surface area contributed by atoms with Crippen molar-refractivity contribution in [3.05, 3.63) is 65.5 Å². The third-order valence-corrected chi connectivity index (χ3v) is 5.59. The maximum Gasteiger partial charge on any atom is 0.321 e. The molecule has 162 valence electrons. The van der Waals surface area contributed by atoms with Crippen LogP contribution in [0.25, 0.3) is 11.5 Å². The van der Waals surface area contributed by atoms with Gasteiger partial charge in [-0.2, -0.15) is 4.98 Å². The van der Waals surface area contributed by atoms with Crippen LogP contribution in [0, 0.1) is 13.8 Å². The predicted molar refractivity (Wildman–Crippen MR) is 119 cm³/mol. The number of likely N-dealkylation sites (tertiary alicyclic amines) is 1. The van der Waals surface area contributed by atoms with Gasteiger partial charge >= 0.3 is 6.03 Å². The lowest BCUT2D eigenvalue weighted by Crippen LogP contribution is -2.45. The Morgan fingerprint density at radius 1 is 1.19 bits per heavy atom. The molecule has 31 heavy (non-hydrogen) atoms. The molecule has 1 aromatic heterocycles. The van der Waals surface area contributed by atoms with E-state index in [0.29, 0.717) is 31.3 Å². The second-order valence-corrected chi connectivity index (χ2v) is 7.94. The number of carbonyl (C=O) groups excluding carboxylic acids is 1. The van der Waals surface area contributed by atoms with Crippen molar-refractivity contribution in [2.75, 3.05) is 25.0 Å². The first-order chi connectivity index (χ1) is 15.1. The van der Waals surface area contributed by atoms with E-state index in [0.717, 1.165) is 36.2 Å². The van der Waals surface area contributed by atoms with Crippen LogP contribution in [0.1, 0.15) is 29.8 Å². The molecule has 1 fully saturated rings. The lowest BCUT2D eigenvalue weighted by molar-refractivity contribution is 0.0120. The summed E-state index contributed by atoms with van der Waals surface area (Å²) in [6.07, 6.45) is 2.45. The zero-order valence-electron chi connectivity index (χ0n) is 18.0. The Kier molecular flexibility index (Phi) is 6.62. The maximum atomic E-state index is 12.7. The second kappa shape index (κ2) is 9.75. The number of hydrogen-bond acceptors (Lipinski definition) is 5. The molecule has 1 aliphatic heterocycles. The Bertz CT molecular complexity index is 1020. The molecule has 0 radical (unpaired) electrons. The van der Waals surface area contributed by atoms with Gasteiger partial charge in [-0.25, -0.2) is 4.79 Å². The number of urea groups is 1. The van der Waals surface area contributed by atoms with E-state index in [9.17, 15) is 4.79 Å². The molecular weight excluding hydrogens is 392 g/mol. The first kappa shape index (κ1) is 21.1. The Hall–Kier alpha value is -3.19. The summed E-state index contributed by atoms with van der Waals surface area (Å²) in [7, 11) is 0. The van der Waals surface area contributed by atoms with E-state index in [-0.39, 0.29) is 12.1 Å². The lowest BCUT2D eigenvalue weighted by atomic mass is 10.1. The summed E-state index contributed by atoms with van der Waals surface area (Å²) >= 11 is 0. The van der Waals surface area contributed by atoms with Crippen molar-refractivity contribution in [1.29, 1.82) is 0 Å². The molecule has 7 heteroatoms. The number of nitrogens with zero attached hydrogens (tertiary/aromatic N) is 3. The highest BCUT2D eigenvalue weighted by Gasteiger charge is 2.24. The number of aryl methyl sites for hydroxylation is 2. The molecule has 0 saturated carbocycles. The van der Waals surface area contributed by atoms with E-state index >= 15 is 0 Å². The van der Waals surface area contributed by atoms with Crippen LogP contribution in [0.3, 0.4) is 0 Å². The number of nitrogens with one attached hydrogen (secondary N) is 1. The minimum atomic E-state index is -0.0813. The van der Waals surface area contributed by atoms with E-state index in [2.05, 4.69) is 22.4 Å². The van der Waals surface area contributed by atoms with Crippen LogP contribution in [0.2, 0.25) is 0 Å². The Balaban J connectivity index is 1.25. The minimum Gasteiger partial charge on any atom is -0.376 e. The highest BCUT2D eigenvalue weighted by atomic mass is 16.5. The Morgan fingerprint density at radius 2 is 2.03 bits per heavy atom. The first-order valence-electron chi connectivity index (χ1n) is 10.7. The number of hydrogen-bond donors (Lipinski definition) is 1. The van der Waals surface area contributed by atoms with Gasteiger partial charge in [0.1, 0.15) is 0 Å². The van der Waals surface area contributed by atoms with Crippen molar-refractivity contribution in [3.8, 4) is 11.5 Å². The van der Waals surface area contributed by atoms with Crippen LogP contribution in [0.15, 0.2) is 53.1 Å². The van der Waals surface area contributed by atoms with Crippen LogP contribution in [0.5, 0.6) is 0 Å². The summed E-state index contributed by atoms with van der Waals surface area (Å²) in [6.45, 7) is 5.91. The van der Waals surface area contributed by atoms with Crippen LogP contribution < -0.4 is 5.32 Å². The van der Waals surface area contributed by atoms with Gasteiger partial charge in [0.15, 0.2) is 5.82 Å². The molecule has 1 atom stereocenters. The van der Waals surface area contributed by atoms with Gasteiger partial charge in [0, 0.05) is 30.8 Å². The number of rotatable bonds is 6. The number of benzene rings is 2. The fourth-order valence-electron chi connectivity index (χ4n) is 3.65. The number of piperidine rings is 1. The van der Waals surface area contributed by atoms with E-state index in [1.807, 2.05) is 60.4 Å². The minimum absolute atomic E-state index is 0.0137. The monoisotopic (exact) mass is 420 g/mol. The van der Waals surface area contributed by atoms with Gasteiger partial charge in [-0.15, -0.1) is 0 Å². The summed E-state index contributed by atoms with van der Waals surface area (Å²) in [5.74, 6) is 1.14. The maximum absolute atomic E-state index is 12.7. The summed E-state index contributed by atoms with van der Waals surface area (Å²) in [6, 6.07) is 15.6. The SMILES string of the molecule is Cc1ccc(NC(=O)N2CCCC(OCCc3noc(-c4ccccc4)n3)C2)cc1C. The molecule has 0 spiro atoms. The fraction of sp³-hybridized carbons (Fsp3) is 0.375. The Labute approximate surface area is 182 Å². The summed E-state index contributed by atoms with van der Waals surface area (Å²) < 4.78 is 11.4. The summed E-state index contributed by atoms with van der Waals surface area (Å²) in [5, 5.41) is 7.04. The Morgan fingerprint density at radius 3 is 2.84 bits per heavy atom. The zero-order valence-corrected chi connectivity index (χ0v) is 18.0. The molecule has 2 heterocycles. The topological polar surface area (TPSA) is 80.5 Å². The molecular formula is C24H28N4O3. The van der Waals surface area contributed by atoms with Crippen molar-refractivity contribution < 1.29 is 14.1 Å². The molecule has 4 rings (SSSR count). The standard InChI is InChI=1S/C24H28N4O3/c1-17-10-11-20(15-18(17)2)25-24(29)28-13-6-9-21(16-28)30-14-12-22-26-23(31-27-22)19-7-4-3-5-8-19/h3-5,7-8,10-11,15,21H,6,9,12-14,16H2,1-2H3,(H,25,29). The first-order valence-corrected chi connectivity index (χ1v) is 10.7. The average molecular weight is 421 g/mol. The number of amides is 2. The molecule has 7 nitrogen and oxygen atoms in total. The number of ether oxygens (including phenoxy) is 1. The van der Waals surface area contributed by atoms with Crippen LogP contribution >= 0.6 is 0 Å². The molecule has 2 amide bonds. The van der Waals surface area contributed by atoms with Crippen molar-refractivity contribution in [1.82, 2.24) is 15.0 Å². The average Bonchev–Trinajstić information content (AvgIpc) is 3.26. The molecule has 1 unspecified atom stereocenters. The molecule has 0 bridgehead atoms. The van der Waals surface area contributed by atoms with Gasteiger partial charge in [0.2, 0.25) is 0 Å². The molecule has 1 N–H and O–H groups in total. The fourth-order valence-corrected chi connectivity index (χ4v) is 3.65. The van der Waals surface area contributed by atoms with E-state index in [1.54, 1.807) is 0 Å².